The summed E-state index contributed by atoms with van der Waals surface area (Å²) in [6.45, 7) is 1.66. The van der Waals surface area contributed by atoms with E-state index < -0.39 is 28.3 Å². The van der Waals surface area contributed by atoms with Gasteiger partial charge in [0.25, 0.3) is 11.6 Å². The highest BCUT2D eigenvalue weighted by atomic mass is 16.6. The van der Waals surface area contributed by atoms with E-state index in [9.17, 15) is 20.0 Å². The van der Waals surface area contributed by atoms with Gasteiger partial charge in [-0.25, -0.2) is 5.43 Å². The van der Waals surface area contributed by atoms with Gasteiger partial charge in [-0.05, 0) is 47.2 Å². The molecule has 1 amide bonds. The highest BCUT2D eigenvalue weighted by Crippen LogP contribution is 2.31. The molecule has 1 atom stereocenters. The number of fused-ring (bicyclic) bond motifs is 1. The van der Waals surface area contributed by atoms with E-state index in [1.807, 2.05) is 42.5 Å². The van der Waals surface area contributed by atoms with Crippen LogP contribution in [0.5, 0.6) is 11.5 Å². The summed E-state index contributed by atoms with van der Waals surface area (Å²) in [4.78, 5) is 22.5. The fourth-order valence-electron chi connectivity index (χ4n) is 2.81. The van der Waals surface area contributed by atoms with Gasteiger partial charge in [-0.1, -0.05) is 30.3 Å². The summed E-state index contributed by atoms with van der Waals surface area (Å²) in [5.74, 6) is -1.12. The highest BCUT2D eigenvalue weighted by Gasteiger charge is 2.14. The molecule has 0 aromatic heterocycles. The second kappa shape index (κ2) is 8.91. The van der Waals surface area contributed by atoms with Crippen molar-refractivity contribution >= 4 is 34.3 Å². The zero-order valence-corrected chi connectivity index (χ0v) is 16.3. The smallest absolute Gasteiger partial charge is 0.266 e. The molecule has 0 aliphatic heterocycles. The quantitative estimate of drug-likeness (QED) is 0.352. The number of nitrogens with zero attached hydrogens (tertiary/aromatic N) is 2. The number of hydrogen-bond acceptors (Lipinski definition) is 7. The summed E-state index contributed by atoms with van der Waals surface area (Å²) in [5, 5.41) is 32.1. The molecule has 9 nitrogen and oxygen atoms in total. The Balaban J connectivity index is 1.67. The van der Waals surface area contributed by atoms with Crippen molar-refractivity contribution in [3.63, 3.8) is 0 Å². The number of carbonyl (C=O) groups is 1. The van der Waals surface area contributed by atoms with Crippen molar-refractivity contribution in [3.05, 3.63) is 70.3 Å². The average Bonchev–Trinajstić information content (AvgIpc) is 2.74. The van der Waals surface area contributed by atoms with Crippen LogP contribution < -0.4 is 20.6 Å². The lowest BCUT2D eigenvalue weighted by molar-refractivity contribution is -0.398. The van der Waals surface area contributed by atoms with E-state index in [1.54, 1.807) is 6.92 Å². The molecule has 0 aliphatic carbocycles. The first-order valence-electron chi connectivity index (χ1n) is 9.00. The van der Waals surface area contributed by atoms with Crippen LogP contribution in [-0.4, -0.2) is 30.2 Å². The maximum atomic E-state index is 12.3. The van der Waals surface area contributed by atoms with Gasteiger partial charge in [-0.3, -0.25) is 14.9 Å². The molecule has 0 aliphatic rings. The van der Waals surface area contributed by atoms with Crippen molar-refractivity contribution in [2.45, 2.75) is 13.0 Å². The maximum absolute atomic E-state index is 12.3. The van der Waals surface area contributed by atoms with E-state index in [4.69, 9.17) is 4.74 Å². The molecule has 2 N–H and O–H groups in total. The predicted molar refractivity (Wildman–Crippen MR) is 112 cm³/mol. The number of nitro benzene ring substituents is 1. The topological polar surface area (TPSA) is 129 Å². The minimum absolute atomic E-state index is 0.0727. The number of ether oxygens (including phenoxy) is 1. The number of benzene rings is 3. The fourth-order valence-corrected chi connectivity index (χ4v) is 2.81. The molecular formula is C21H19N4O5-. The Morgan fingerprint density at radius 3 is 2.60 bits per heavy atom. The van der Waals surface area contributed by atoms with Gasteiger partial charge < -0.3 is 15.2 Å². The van der Waals surface area contributed by atoms with Crippen LogP contribution in [0.15, 0.2) is 59.7 Å². The number of anilines is 1. The predicted octanol–water partition coefficient (Wildman–Crippen LogP) is 2.78. The third-order valence-corrected chi connectivity index (χ3v) is 4.41. The van der Waals surface area contributed by atoms with Gasteiger partial charge in [0.2, 0.25) is 0 Å². The van der Waals surface area contributed by atoms with Crippen LogP contribution in [0.3, 0.4) is 0 Å². The van der Waals surface area contributed by atoms with Crippen LogP contribution in [0.1, 0.15) is 12.5 Å². The van der Waals surface area contributed by atoms with Crippen molar-refractivity contribution in [2.24, 2.45) is 5.10 Å². The number of carbonyl (C=O) groups excluding carboxylic acids is 1. The molecule has 0 saturated heterocycles. The molecule has 0 radical (unpaired) electrons. The number of nitro groups is 1. The van der Waals surface area contributed by atoms with E-state index in [-0.39, 0.29) is 11.3 Å². The van der Waals surface area contributed by atoms with Crippen LogP contribution in [0.2, 0.25) is 0 Å². The standard InChI is InChI=1S/C21H20N4O5/c1-13(23-17-8-7-14-5-3-4-6-15(14)9-17)21(27)24-22-12-16-10-18(30-2)11-19(20(16)26)25(28)29/h3-13,23,26H,1-2H3,(H,24,27)/p-1/b22-12-/t13-/m1/s1. The summed E-state index contributed by atoms with van der Waals surface area (Å²) >= 11 is 0. The second-order valence-electron chi connectivity index (χ2n) is 6.48. The molecule has 0 bridgehead atoms. The first-order valence-corrected chi connectivity index (χ1v) is 9.00. The van der Waals surface area contributed by atoms with E-state index in [0.717, 1.165) is 28.7 Å². The number of nitrogens with one attached hydrogen (secondary N) is 2. The zero-order chi connectivity index (χ0) is 21.7. The number of hydrazone groups is 1. The van der Waals surface area contributed by atoms with Gasteiger partial charge >= 0.3 is 0 Å². The van der Waals surface area contributed by atoms with Crippen LogP contribution in [0.4, 0.5) is 11.4 Å². The SMILES string of the molecule is COc1cc(/C=N\NC(=O)[C@@H](C)Nc2ccc3ccccc3c2)c([O-])c([N+](=O)[O-])c1. The van der Waals surface area contributed by atoms with Crippen molar-refractivity contribution in [2.75, 3.05) is 12.4 Å². The molecule has 3 aromatic rings. The van der Waals surface area contributed by atoms with Crippen molar-refractivity contribution < 1.29 is 19.6 Å². The minimum Gasteiger partial charge on any atom is -0.867 e. The molecule has 0 heterocycles. The van der Waals surface area contributed by atoms with Crippen LogP contribution in [-0.2, 0) is 4.79 Å². The second-order valence-corrected chi connectivity index (χ2v) is 6.48. The van der Waals surface area contributed by atoms with Crippen LogP contribution in [0.25, 0.3) is 10.8 Å². The van der Waals surface area contributed by atoms with Crippen LogP contribution in [0, 0.1) is 10.1 Å². The third kappa shape index (κ3) is 4.64. The lowest BCUT2D eigenvalue weighted by Crippen LogP contribution is -2.34. The monoisotopic (exact) mass is 407 g/mol. The summed E-state index contributed by atoms with van der Waals surface area (Å²) < 4.78 is 4.96. The number of hydrogen-bond donors (Lipinski definition) is 2. The lowest BCUT2D eigenvalue weighted by atomic mass is 10.1. The van der Waals surface area contributed by atoms with E-state index >= 15 is 0 Å². The molecule has 9 heteroatoms. The summed E-state index contributed by atoms with van der Waals surface area (Å²) in [7, 11) is 1.33. The molecule has 0 fully saturated rings. The van der Waals surface area contributed by atoms with E-state index in [1.165, 1.54) is 13.2 Å². The van der Waals surface area contributed by atoms with Gasteiger partial charge in [-0.2, -0.15) is 5.10 Å². The number of amides is 1. The van der Waals surface area contributed by atoms with Crippen molar-refractivity contribution in [1.82, 2.24) is 5.43 Å². The largest absolute Gasteiger partial charge is 0.867 e. The fraction of sp³-hybridized carbons (Fsp3) is 0.143. The van der Waals surface area contributed by atoms with Gasteiger partial charge in [0.1, 0.15) is 11.8 Å². The summed E-state index contributed by atoms with van der Waals surface area (Å²) in [5.41, 5.74) is 2.39. The third-order valence-electron chi connectivity index (χ3n) is 4.41. The Morgan fingerprint density at radius 1 is 1.17 bits per heavy atom. The average molecular weight is 407 g/mol. The highest BCUT2D eigenvalue weighted by molar-refractivity contribution is 5.90. The normalized spacial score (nSPS) is 11.9. The van der Waals surface area contributed by atoms with Crippen molar-refractivity contribution in [1.29, 1.82) is 0 Å². The summed E-state index contributed by atoms with van der Waals surface area (Å²) in [6, 6.07) is 15.3. The Labute approximate surface area is 172 Å². The molecule has 30 heavy (non-hydrogen) atoms. The van der Waals surface area contributed by atoms with Gasteiger partial charge in [-0.15, -0.1) is 0 Å². The summed E-state index contributed by atoms with van der Waals surface area (Å²) in [6.07, 6.45) is 1.05. The van der Waals surface area contributed by atoms with E-state index in [2.05, 4.69) is 15.8 Å². The molecule has 0 saturated carbocycles. The Hall–Kier alpha value is -4.14. The molecule has 3 rings (SSSR count). The maximum Gasteiger partial charge on any atom is 0.266 e. The first-order chi connectivity index (χ1) is 14.4. The Bertz CT molecular complexity index is 1130. The molecule has 0 spiro atoms. The zero-order valence-electron chi connectivity index (χ0n) is 16.3. The number of methoxy groups -OCH3 is 1. The van der Waals surface area contributed by atoms with E-state index in [0.29, 0.717) is 0 Å². The molecule has 0 unspecified atom stereocenters. The first kappa shape index (κ1) is 20.6. The number of rotatable bonds is 7. The molecule has 3 aromatic carbocycles. The lowest BCUT2D eigenvalue weighted by Gasteiger charge is -2.14. The molecule has 154 valence electrons. The van der Waals surface area contributed by atoms with Crippen molar-refractivity contribution in [3.8, 4) is 11.5 Å². The Kier molecular flexibility index (Phi) is 6.11. The van der Waals surface area contributed by atoms with Gasteiger partial charge in [0.05, 0.1) is 24.3 Å². The van der Waals surface area contributed by atoms with Gasteiger partial charge in [0, 0.05) is 5.69 Å². The Morgan fingerprint density at radius 2 is 1.90 bits per heavy atom. The minimum atomic E-state index is -0.818. The molecular weight excluding hydrogens is 388 g/mol. The van der Waals surface area contributed by atoms with Gasteiger partial charge in [0.15, 0.2) is 0 Å². The van der Waals surface area contributed by atoms with Crippen LogP contribution >= 0.6 is 0 Å².